The number of imide groups is 1. The lowest BCUT2D eigenvalue weighted by molar-refractivity contribution is -0.149. The number of halogens is 2. The zero-order valence-electron chi connectivity index (χ0n) is 8.81. The Balaban J connectivity index is 2.19. The fourth-order valence-electron chi connectivity index (χ4n) is 2.45. The van der Waals surface area contributed by atoms with Crippen LogP contribution in [0.25, 0.3) is 0 Å². The number of hydrogen-bond acceptors (Lipinski definition) is 3. The van der Waals surface area contributed by atoms with E-state index in [9.17, 15) is 14.4 Å². The molecule has 2 amide bonds. The predicted octanol–water partition coefficient (Wildman–Crippen LogP) is 0.993. The fourth-order valence-corrected chi connectivity index (χ4v) is 3.69. The standard InChI is InChI=1S/C10H11Br2NO4/c11-6-1-4-5(2-7(6)12)10(17)13(9(4)16)3-8(14)15/h4-7H,1-3H2,(H,14,15)/t4-,5-,6-,7+/m1/s1. The Bertz CT molecular complexity index is 359. The first kappa shape index (κ1) is 13.0. The molecule has 1 aliphatic heterocycles. The van der Waals surface area contributed by atoms with Crippen molar-refractivity contribution in [1.82, 2.24) is 4.90 Å². The zero-order valence-corrected chi connectivity index (χ0v) is 12.0. The maximum Gasteiger partial charge on any atom is 0.323 e. The molecular weight excluding hydrogens is 358 g/mol. The van der Waals surface area contributed by atoms with Crippen LogP contribution in [0.3, 0.4) is 0 Å². The van der Waals surface area contributed by atoms with Gasteiger partial charge < -0.3 is 5.11 Å². The number of hydrogen-bond donors (Lipinski definition) is 1. The molecule has 1 saturated carbocycles. The van der Waals surface area contributed by atoms with E-state index in [0.717, 1.165) is 4.90 Å². The first-order valence-corrected chi connectivity index (χ1v) is 7.10. The number of aliphatic carboxylic acids is 1. The van der Waals surface area contributed by atoms with Crippen molar-refractivity contribution in [2.75, 3.05) is 6.54 Å². The van der Waals surface area contributed by atoms with Crippen molar-refractivity contribution < 1.29 is 19.5 Å². The Labute approximate surface area is 115 Å². The molecule has 0 aromatic heterocycles. The molecule has 94 valence electrons. The molecule has 1 heterocycles. The van der Waals surface area contributed by atoms with Crippen LogP contribution in [0.2, 0.25) is 0 Å². The Morgan fingerprint density at radius 2 is 1.59 bits per heavy atom. The van der Waals surface area contributed by atoms with Crippen molar-refractivity contribution >= 4 is 49.6 Å². The third-order valence-electron chi connectivity index (χ3n) is 3.30. The van der Waals surface area contributed by atoms with Gasteiger partial charge in [-0.2, -0.15) is 0 Å². The number of amides is 2. The lowest BCUT2D eigenvalue weighted by Crippen LogP contribution is -2.35. The summed E-state index contributed by atoms with van der Waals surface area (Å²) in [5.41, 5.74) is 0. The number of alkyl halides is 2. The predicted molar refractivity (Wildman–Crippen MR) is 66.0 cm³/mol. The number of carboxylic acid groups (broad SMARTS) is 1. The van der Waals surface area contributed by atoms with Gasteiger partial charge in [-0.1, -0.05) is 31.9 Å². The molecule has 1 N–H and O–H groups in total. The number of rotatable bonds is 2. The van der Waals surface area contributed by atoms with Crippen molar-refractivity contribution in [2.24, 2.45) is 11.8 Å². The summed E-state index contributed by atoms with van der Waals surface area (Å²) in [6.45, 7) is -0.523. The van der Waals surface area contributed by atoms with Crippen molar-refractivity contribution in [1.29, 1.82) is 0 Å². The second-order valence-electron chi connectivity index (χ2n) is 4.37. The Morgan fingerprint density at radius 3 is 1.94 bits per heavy atom. The van der Waals surface area contributed by atoms with Crippen LogP contribution in [0, 0.1) is 11.8 Å². The molecule has 0 unspecified atom stereocenters. The van der Waals surface area contributed by atoms with Crippen LogP contribution in [0.5, 0.6) is 0 Å². The van der Waals surface area contributed by atoms with Gasteiger partial charge in [0.15, 0.2) is 0 Å². The van der Waals surface area contributed by atoms with Crippen LogP contribution in [-0.2, 0) is 14.4 Å². The highest BCUT2D eigenvalue weighted by Crippen LogP contribution is 2.42. The van der Waals surface area contributed by atoms with E-state index in [-0.39, 0.29) is 33.3 Å². The molecule has 0 bridgehead atoms. The van der Waals surface area contributed by atoms with Crippen molar-refractivity contribution in [2.45, 2.75) is 22.5 Å². The Morgan fingerprint density at radius 1 is 1.18 bits per heavy atom. The van der Waals surface area contributed by atoms with Gasteiger partial charge in [0.05, 0.1) is 11.8 Å². The molecule has 7 heteroatoms. The third kappa shape index (κ3) is 2.27. The number of fused-ring (bicyclic) bond motifs is 1. The lowest BCUT2D eigenvalue weighted by Gasteiger charge is -2.29. The van der Waals surface area contributed by atoms with Crippen LogP contribution in [-0.4, -0.2) is 44.0 Å². The minimum absolute atomic E-state index is 0.144. The topological polar surface area (TPSA) is 74.7 Å². The maximum atomic E-state index is 11.9. The third-order valence-corrected chi connectivity index (χ3v) is 6.03. The first-order valence-electron chi connectivity index (χ1n) is 5.27. The summed E-state index contributed by atoms with van der Waals surface area (Å²) >= 11 is 6.93. The number of likely N-dealkylation sites (tertiary alicyclic amines) is 1. The smallest absolute Gasteiger partial charge is 0.323 e. The molecule has 17 heavy (non-hydrogen) atoms. The molecule has 2 rings (SSSR count). The van der Waals surface area contributed by atoms with Crippen LogP contribution >= 0.6 is 31.9 Å². The largest absolute Gasteiger partial charge is 0.480 e. The normalized spacial score (nSPS) is 37.2. The lowest BCUT2D eigenvalue weighted by atomic mass is 9.81. The number of carbonyl (C=O) groups is 3. The van der Waals surface area contributed by atoms with Gasteiger partial charge in [-0.3, -0.25) is 19.3 Å². The minimum atomic E-state index is -1.16. The molecule has 1 aliphatic carbocycles. The van der Waals surface area contributed by atoms with Gasteiger partial charge in [0.2, 0.25) is 11.8 Å². The maximum absolute atomic E-state index is 11.9. The van der Waals surface area contributed by atoms with E-state index < -0.39 is 12.5 Å². The fraction of sp³-hybridized carbons (Fsp3) is 0.700. The Kier molecular flexibility index (Phi) is 3.58. The molecule has 0 radical (unpaired) electrons. The second-order valence-corrected chi connectivity index (χ2v) is 6.73. The molecule has 0 aromatic carbocycles. The Hall–Kier alpha value is -0.430. The molecule has 5 nitrogen and oxygen atoms in total. The van der Waals surface area contributed by atoms with E-state index in [4.69, 9.17) is 5.11 Å². The van der Waals surface area contributed by atoms with Crippen molar-refractivity contribution in [3.8, 4) is 0 Å². The number of carboxylic acids is 1. The average molecular weight is 369 g/mol. The van der Waals surface area contributed by atoms with E-state index in [1.165, 1.54) is 0 Å². The van der Waals surface area contributed by atoms with E-state index in [2.05, 4.69) is 31.9 Å². The summed E-state index contributed by atoms with van der Waals surface area (Å²) in [7, 11) is 0. The highest BCUT2D eigenvalue weighted by Gasteiger charge is 2.52. The summed E-state index contributed by atoms with van der Waals surface area (Å²) in [6, 6.07) is 0. The number of carbonyl (C=O) groups excluding carboxylic acids is 2. The minimum Gasteiger partial charge on any atom is -0.480 e. The summed E-state index contributed by atoms with van der Waals surface area (Å²) in [4.78, 5) is 35.7. The summed E-state index contributed by atoms with van der Waals surface area (Å²) in [5.74, 6) is -2.56. The van der Waals surface area contributed by atoms with Crippen LogP contribution < -0.4 is 0 Å². The second kappa shape index (κ2) is 4.68. The quantitative estimate of drug-likeness (QED) is 0.582. The monoisotopic (exact) mass is 367 g/mol. The van der Waals surface area contributed by atoms with Crippen LogP contribution in [0.1, 0.15) is 12.8 Å². The van der Waals surface area contributed by atoms with E-state index in [1.807, 2.05) is 0 Å². The van der Waals surface area contributed by atoms with Crippen molar-refractivity contribution in [3.05, 3.63) is 0 Å². The summed E-state index contributed by atoms with van der Waals surface area (Å²) in [6.07, 6.45) is 1.14. The summed E-state index contributed by atoms with van der Waals surface area (Å²) in [5, 5.41) is 8.68. The van der Waals surface area contributed by atoms with E-state index in [0.29, 0.717) is 12.8 Å². The van der Waals surface area contributed by atoms with Gasteiger partial charge in [0.1, 0.15) is 6.54 Å². The van der Waals surface area contributed by atoms with Gasteiger partial charge in [-0.25, -0.2) is 0 Å². The molecule has 2 aliphatic rings. The SMILES string of the molecule is O=C(O)CN1C(=O)[C@@H]2C[C@@H](Br)[C@@H](Br)C[C@H]2C1=O. The first-order chi connectivity index (χ1) is 7.91. The zero-order chi connectivity index (χ0) is 12.7. The molecule has 1 saturated heterocycles. The summed E-state index contributed by atoms with van der Waals surface area (Å²) < 4.78 is 0. The average Bonchev–Trinajstić information content (AvgIpc) is 2.45. The van der Waals surface area contributed by atoms with E-state index >= 15 is 0 Å². The highest BCUT2D eigenvalue weighted by atomic mass is 79.9. The molecule has 0 spiro atoms. The van der Waals surface area contributed by atoms with E-state index in [1.54, 1.807) is 0 Å². The van der Waals surface area contributed by atoms with Gasteiger partial charge in [-0.05, 0) is 12.8 Å². The highest BCUT2D eigenvalue weighted by molar-refractivity contribution is 9.12. The van der Waals surface area contributed by atoms with Crippen LogP contribution in [0.15, 0.2) is 0 Å². The van der Waals surface area contributed by atoms with Crippen molar-refractivity contribution in [3.63, 3.8) is 0 Å². The van der Waals surface area contributed by atoms with Gasteiger partial charge in [-0.15, -0.1) is 0 Å². The van der Waals surface area contributed by atoms with Gasteiger partial charge in [0, 0.05) is 9.65 Å². The molecule has 0 aromatic rings. The molecular formula is C10H11Br2NO4. The molecule has 4 atom stereocenters. The van der Waals surface area contributed by atoms with Gasteiger partial charge in [0.25, 0.3) is 0 Å². The van der Waals surface area contributed by atoms with Gasteiger partial charge >= 0.3 is 5.97 Å². The number of nitrogens with zero attached hydrogens (tertiary/aromatic N) is 1. The molecule has 2 fully saturated rings. The van der Waals surface area contributed by atoms with Crippen LogP contribution in [0.4, 0.5) is 0 Å².